The van der Waals surface area contributed by atoms with Gasteiger partial charge < -0.3 is 15.8 Å². The highest BCUT2D eigenvalue weighted by Gasteiger charge is 2.06. The number of anilines is 1. The van der Waals surface area contributed by atoms with E-state index in [0.29, 0.717) is 0 Å². The van der Waals surface area contributed by atoms with Gasteiger partial charge in [-0.2, -0.15) is 0 Å². The maximum Gasteiger partial charge on any atom is 0.341 e. The number of pyridine rings is 1. The molecule has 0 spiro atoms. The Kier molecular flexibility index (Phi) is 1.63. The smallest absolute Gasteiger partial charge is 0.341 e. The fraction of sp³-hybridized carbons (Fsp3) is 0. The molecule has 0 unspecified atom stereocenters. The Bertz CT molecular complexity index is 342. The van der Waals surface area contributed by atoms with Crippen LogP contribution in [0.2, 0.25) is 0 Å². The SMILES string of the molecule is Nc1ccc(C(=O)O)c(=O)[nH]1. The molecule has 1 aromatic rings. The molecular formula is C6H6N2O3. The first-order valence-electron chi connectivity index (χ1n) is 2.83. The fourth-order valence-corrected chi connectivity index (χ4v) is 0.657. The van der Waals surface area contributed by atoms with Gasteiger partial charge in [0.25, 0.3) is 5.56 Å². The molecule has 1 aromatic heterocycles. The number of carbonyl (C=O) groups is 1. The summed E-state index contributed by atoms with van der Waals surface area (Å²) in [7, 11) is 0. The maximum absolute atomic E-state index is 10.8. The summed E-state index contributed by atoms with van der Waals surface area (Å²) < 4.78 is 0. The molecule has 4 N–H and O–H groups in total. The minimum atomic E-state index is -1.26. The highest BCUT2D eigenvalue weighted by Crippen LogP contribution is 1.94. The molecule has 0 saturated carbocycles. The molecule has 11 heavy (non-hydrogen) atoms. The molecule has 0 amide bonds. The molecule has 0 aliphatic carbocycles. The summed E-state index contributed by atoms with van der Waals surface area (Å²) in [5.41, 5.74) is 4.19. The van der Waals surface area contributed by atoms with Crippen molar-refractivity contribution < 1.29 is 9.90 Å². The molecule has 0 saturated heterocycles. The average Bonchev–Trinajstić information content (AvgIpc) is 1.85. The van der Waals surface area contributed by atoms with Crippen molar-refractivity contribution in [2.45, 2.75) is 0 Å². The van der Waals surface area contributed by atoms with Crippen LogP contribution in [0.1, 0.15) is 10.4 Å². The first kappa shape index (κ1) is 7.33. The van der Waals surface area contributed by atoms with Gasteiger partial charge in [-0.1, -0.05) is 0 Å². The third-order valence-electron chi connectivity index (χ3n) is 1.16. The lowest BCUT2D eigenvalue weighted by Crippen LogP contribution is -2.17. The number of aromatic nitrogens is 1. The predicted molar refractivity (Wildman–Crippen MR) is 38.4 cm³/mol. The highest BCUT2D eigenvalue weighted by atomic mass is 16.4. The number of hydrogen-bond donors (Lipinski definition) is 3. The molecule has 0 aromatic carbocycles. The topological polar surface area (TPSA) is 96.2 Å². The van der Waals surface area contributed by atoms with Crippen molar-refractivity contribution >= 4 is 11.8 Å². The van der Waals surface area contributed by atoms with E-state index >= 15 is 0 Å². The van der Waals surface area contributed by atoms with Crippen LogP contribution in [-0.2, 0) is 0 Å². The summed E-state index contributed by atoms with van der Waals surface area (Å²) >= 11 is 0. The Labute approximate surface area is 61.5 Å². The number of hydrogen-bond acceptors (Lipinski definition) is 3. The number of aromatic carboxylic acids is 1. The van der Waals surface area contributed by atoms with Crippen molar-refractivity contribution in [1.29, 1.82) is 0 Å². The van der Waals surface area contributed by atoms with Gasteiger partial charge in [0.05, 0.1) is 0 Å². The Balaban J connectivity index is 3.32. The Morgan fingerprint density at radius 2 is 2.18 bits per heavy atom. The molecule has 0 fully saturated rings. The van der Waals surface area contributed by atoms with Crippen molar-refractivity contribution in [3.8, 4) is 0 Å². The number of nitrogens with two attached hydrogens (primary N) is 1. The third kappa shape index (κ3) is 1.37. The second kappa shape index (κ2) is 2.45. The second-order valence-corrected chi connectivity index (χ2v) is 1.96. The van der Waals surface area contributed by atoms with Gasteiger partial charge in [0.1, 0.15) is 11.4 Å². The normalized spacial score (nSPS) is 9.45. The number of H-pyrrole nitrogens is 1. The zero-order chi connectivity index (χ0) is 8.43. The van der Waals surface area contributed by atoms with Gasteiger partial charge >= 0.3 is 5.97 Å². The molecule has 0 radical (unpaired) electrons. The summed E-state index contributed by atoms with van der Waals surface area (Å²) in [5, 5.41) is 8.40. The quantitative estimate of drug-likeness (QED) is 0.515. The third-order valence-corrected chi connectivity index (χ3v) is 1.16. The summed E-state index contributed by atoms with van der Waals surface area (Å²) in [5.74, 6) is -1.11. The lowest BCUT2D eigenvalue weighted by Gasteiger charge is -1.93. The van der Waals surface area contributed by atoms with Crippen molar-refractivity contribution in [3.63, 3.8) is 0 Å². The fourth-order valence-electron chi connectivity index (χ4n) is 0.657. The van der Waals surface area contributed by atoms with E-state index in [-0.39, 0.29) is 11.4 Å². The summed E-state index contributed by atoms with van der Waals surface area (Å²) in [6.45, 7) is 0. The zero-order valence-corrected chi connectivity index (χ0v) is 5.50. The Morgan fingerprint density at radius 1 is 1.55 bits per heavy atom. The van der Waals surface area contributed by atoms with Gasteiger partial charge in [-0.25, -0.2) is 4.79 Å². The number of nitrogen functional groups attached to an aromatic ring is 1. The van der Waals surface area contributed by atoms with Crippen LogP contribution < -0.4 is 11.3 Å². The van der Waals surface area contributed by atoms with Crippen molar-refractivity contribution in [2.24, 2.45) is 0 Å². The first-order chi connectivity index (χ1) is 5.11. The number of rotatable bonds is 1. The van der Waals surface area contributed by atoms with E-state index in [0.717, 1.165) is 6.07 Å². The Morgan fingerprint density at radius 3 is 2.64 bits per heavy atom. The molecule has 0 bridgehead atoms. The molecular weight excluding hydrogens is 148 g/mol. The van der Waals surface area contributed by atoms with Crippen molar-refractivity contribution in [1.82, 2.24) is 4.98 Å². The molecule has 0 atom stereocenters. The molecule has 5 nitrogen and oxygen atoms in total. The average molecular weight is 154 g/mol. The lowest BCUT2D eigenvalue weighted by atomic mass is 10.3. The van der Waals surface area contributed by atoms with Crippen LogP contribution in [0.25, 0.3) is 0 Å². The molecule has 0 aliphatic heterocycles. The lowest BCUT2D eigenvalue weighted by molar-refractivity contribution is 0.0695. The van der Waals surface area contributed by atoms with E-state index in [9.17, 15) is 9.59 Å². The summed E-state index contributed by atoms with van der Waals surface area (Å²) in [6.07, 6.45) is 0. The van der Waals surface area contributed by atoms with Crippen LogP contribution in [0, 0.1) is 0 Å². The van der Waals surface area contributed by atoms with Crippen LogP contribution in [0.4, 0.5) is 5.82 Å². The second-order valence-electron chi connectivity index (χ2n) is 1.96. The standard InChI is InChI=1S/C6H6N2O3/c7-4-2-1-3(6(10)11)5(9)8-4/h1-2H,(H,10,11)(H3,7,8,9). The highest BCUT2D eigenvalue weighted by molar-refractivity contribution is 5.87. The van der Waals surface area contributed by atoms with Gasteiger partial charge in [-0.05, 0) is 12.1 Å². The van der Waals surface area contributed by atoms with E-state index in [4.69, 9.17) is 10.8 Å². The largest absolute Gasteiger partial charge is 0.477 e. The monoisotopic (exact) mass is 154 g/mol. The summed E-state index contributed by atoms with van der Waals surface area (Å²) in [4.78, 5) is 23.2. The molecule has 1 rings (SSSR count). The Hall–Kier alpha value is -1.78. The summed E-state index contributed by atoms with van der Waals surface area (Å²) in [6, 6.07) is 2.49. The maximum atomic E-state index is 10.8. The van der Waals surface area contributed by atoms with E-state index in [1.54, 1.807) is 0 Å². The van der Waals surface area contributed by atoms with Crippen molar-refractivity contribution in [3.05, 3.63) is 28.0 Å². The number of nitrogens with one attached hydrogen (secondary N) is 1. The van der Waals surface area contributed by atoms with E-state index in [2.05, 4.69) is 4.98 Å². The van der Waals surface area contributed by atoms with Gasteiger partial charge in [0, 0.05) is 0 Å². The number of carboxylic acid groups (broad SMARTS) is 1. The minimum Gasteiger partial charge on any atom is -0.477 e. The van der Waals surface area contributed by atoms with Gasteiger partial charge in [0.15, 0.2) is 0 Å². The molecule has 58 valence electrons. The van der Waals surface area contributed by atoms with Gasteiger partial charge in [-0.3, -0.25) is 4.79 Å². The number of carboxylic acids is 1. The van der Waals surface area contributed by atoms with Gasteiger partial charge in [0.2, 0.25) is 0 Å². The van der Waals surface area contributed by atoms with Crippen LogP contribution in [-0.4, -0.2) is 16.1 Å². The minimum absolute atomic E-state index is 0.153. The van der Waals surface area contributed by atoms with Gasteiger partial charge in [-0.15, -0.1) is 0 Å². The van der Waals surface area contributed by atoms with Crippen LogP contribution in [0.3, 0.4) is 0 Å². The molecule has 1 heterocycles. The van der Waals surface area contributed by atoms with Crippen LogP contribution in [0.15, 0.2) is 16.9 Å². The molecule has 0 aliphatic rings. The zero-order valence-electron chi connectivity index (χ0n) is 5.50. The van der Waals surface area contributed by atoms with Crippen LogP contribution >= 0.6 is 0 Å². The predicted octanol–water partition coefficient (Wildman–Crippen LogP) is -0.345. The van der Waals surface area contributed by atoms with Crippen LogP contribution in [0.5, 0.6) is 0 Å². The van der Waals surface area contributed by atoms with Crippen molar-refractivity contribution in [2.75, 3.05) is 5.73 Å². The first-order valence-corrected chi connectivity index (χ1v) is 2.83. The van der Waals surface area contributed by atoms with E-state index < -0.39 is 11.5 Å². The van der Waals surface area contributed by atoms with E-state index in [1.807, 2.05) is 0 Å². The molecule has 5 heteroatoms. The number of aromatic amines is 1. The van der Waals surface area contributed by atoms with E-state index in [1.165, 1.54) is 6.07 Å².